The van der Waals surface area contributed by atoms with E-state index >= 15 is 0 Å². The number of hydrogen-bond donors (Lipinski definition) is 1. The Morgan fingerprint density at radius 2 is 2.12 bits per heavy atom. The Morgan fingerprint density at radius 3 is 2.75 bits per heavy atom. The predicted octanol–water partition coefficient (Wildman–Crippen LogP) is 1.28. The molecule has 4 nitrogen and oxygen atoms in total. The highest BCUT2D eigenvalue weighted by molar-refractivity contribution is 7.84. The van der Waals surface area contributed by atoms with E-state index in [2.05, 4.69) is 0 Å². The summed E-state index contributed by atoms with van der Waals surface area (Å²) in [7, 11) is 0.458. The average molecular weight is 242 g/mol. The molecule has 88 valence electrons. The molecule has 0 aromatic heterocycles. The van der Waals surface area contributed by atoms with Crippen molar-refractivity contribution in [2.45, 2.75) is 5.75 Å². The molecular formula is C11H14O4S. The molecule has 0 heterocycles. The Morgan fingerprint density at radius 1 is 1.44 bits per heavy atom. The van der Waals surface area contributed by atoms with Crippen LogP contribution in [0.4, 0.5) is 0 Å². The Hall–Kier alpha value is -1.20. The molecule has 1 aromatic rings. The molecule has 1 rings (SSSR count). The van der Waals surface area contributed by atoms with E-state index in [1.165, 1.54) is 6.07 Å². The van der Waals surface area contributed by atoms with Crippen LogP contribution in [0, 0.1) is 0 Å². The first-order chi connectivity index (χ1) is 7.65. The van der Waals surface area contributed by atoms with Gasteiger partial charge in [-0.1, -0.05) is 18.2 Å². The number of carboxylic acid groups (broad SMARTS) is 1. The normalized spacial score (nSPS) is 12.3. The minimum absolute atomic E-state index is 0.216. The third-order valence-corrected chi connectivity index (χ3v) is 3.33. The lowest BCUT2D eigenvalue weighted by atomic mass is 10.1. The van der Waals surface area contributed by atoms with Crippen molar-refractivity contribution in [2.24, 2.45) is 0 Å². The zero-order chi connectivity index (χ0) is 12.0. The SMILES string of the molecule is COCCS(=O)Cc1ccccc1C(=O)O. The number of ether oxygens (including phenoxy) is 1. The van der Waals surface area contributed by atoms with Crippen LogP contribution in [0.25, 0.3) is 0 Å². The van der Waals surface area contributed by atoms with Gasteiger partial charge in [-0.3, -0.25) is 4.21 Å². The first-order valence-corrected chi connectivity index (χ1v) is 6.29. The maximum absolute atomic E-state index is 11.6. The minimum atomic E-state index is -1.09. The molecule has 1 unspecified atom stereocenters. The first kappa shape index (κ1) is 12.9. The van der Waals surface area contributed by atoms with Gasteiger partial charge >= 0.3 is 5.97 Å². The number of carboxylic acids is 1. The number of rotatable bonds is 6. The van der Waals surface area contributed by atoms with E-state index in [0.717, 1.165) is 0 Å². The van der Waals surface area contributed by atoms with Gasteiger partial charge in [0.2, 0.25) is 0 Å². The first-order valence-electron chi connectivity index (χ1n) is 4.80. The van der Waals surface area contributed by atoms with Gasteiger partial charge in [-0.2, -0.15) is 0 Å². The number of aromatic carboxylic acids is 1. The molecule has 0 bridgehead atoms. The lowest BCUT2D eigenvalue weighted by molar-refractivity contribution is 0.0696. The molecule has 0 aliphatic rings. The number of hydrogen-bond acceptors (Lipinski definition) is 3. The second-order valence-electron chi connectivity index (χ2n) is 3.24. The van der Waals surface area contributed by atoms with Crippen molar-refractivity contribution in [1.82, 2.24) is 0 Å². The van der Waals surface area contributed by atoms with Gasteiger partial charge in [0.1, 0.15) is 0 Å². The van der Waals surface area contributed by atoms with E-state index in [4.69, 9.17) is 9.84 Å². The lowest BCUT2D eigenvalue weighted by Crippen LogP contribution is -2.09. The smallest absolute Gasteiger partial charge is 0.335 e. The van der Waals surface area contributed by atoms with E-state index in [1.54, 1.807) is 25.3 Å². The Bertz CT molecular complexity index is 389. The molecule has 0 aliphatic heterocycles. The van der Waals surface area contributed by atoms with Crippen LogP contribution in [-0.4, -0.2) is 34.8 Å². The monoisotopic (exact) mass is 242 g/mol. The largest absolute Gasteiger partial charge is 0.478 e. The topological polar surface area (TPSA) is 63.6 Å². The van der Waals surface area contributed by atoms with E-state index < -0.39 is 16.8 Å². The highest BCUT2D eigenvalue weighted by Gasteiger charge is 2.11. The summed E-state index contributed by atoms with van der Waals surface area (Å²) in [5, 5.41) is 8.93. The molecule has 0 aliphatic carbocycles. The maximum Gasteiger partial charge on any atom is 0.335 e. The molecule has 1 atom stereocenters. The summed E-state index contributed by atoms with van der Waals surface area (Å²) < 4.78 is 16.4. The molecule has 0 amide bonds. The fraction of sp³-hybridized carbons (Fsp3) is 0.364. The molecule has 0 radical (unpaired) electrons. The van der Waals surface area contributed by atoms with Crippen LogP contribution in [0.2, 0.25) is 0 Å². The van der Waals surface area contributed by atoms with Crippen LogP contribution in [0.5, 0.6) is 0 Å². The van der Waals surface area contributed by atoms with Crippen LogP contribution in [-0.2, 0) is 21.3 Å². The standard InChI is InChI=1S/C11H14O4S/c1-15-6-7-16(14)8-9-4-2-3-5-10(9)11(12)13/h2-5H,6-8H2,1H3,(H,12,13). The van der Waals surface area contributed by atoms with Crippen LogP contribution < -0.4 is 0 Å². The van der Waals surface area contributed by atoms with E-state index in [1.807, 2.05) is 0 Å². The number of carbonyl (C=O) groups is 1. The van der Waals surface area contributed by atoms with Crippen molar-refractivity contribution in [1.29, 1.82) is 0 Å². The van der Waals surface area contributed by atoms with Gasteiger partial charge in [-0.25, -0.2) is 4.79 Å². The van der Waals surface area contributed by atoms with Gasteiger partial charge in [0.15, 0.2) is 0 Å². The van der Waals surface area contributed by atoms with Crippen molar-refractivity contribution < 1.29 is 18.8 Å². The van der Waals surface area contributed by atoms with Gasteiger partial charge in [-0.15, -0.1) is 0 Å². The zero-order valence-corrected chi connectivity index (χ0v) is 9.83. The molecule has 5 heteroatoms. The van der Waals surface area contributed by atoms with Crippen LogP contribution >= 0.6 is 0 Å². The summed E-state index contributed by atoms with van der Waals surface area (Å²) in [6.45, 7) is 0.419. The van der Waals surface area contributed by atoms with Crippen LogP contribution in [0.1, 0.15) is 15.9 Å². The van der Waals surface area contributed by atoms with E-state index in [9.17, 15) is 9.00 Å². The fourth-order valence-corrected chi connectivity index (χ4v) is 2.37. The molecule has 0 saturated heterocycles. The van der Waals surface area contributed by atoms with Crippen molar-refractivity contribution in [3.63, 3.8) is 0 Å². The van der Waals surface area contributed by atoms with Gasteiger partial charge < -0.3 is 9.84 Å². The summed E-state index contributed by atoms with van der Waals surface area (Å²) >= 11 is 0. The van der Waals surface area contributed by atoms with E-state index in [-0.39, 0.29) is 11.3 Å². The lowest BCUT2D eigenvalue weighted by Gasteiger charge is -2.05. The summed E-state index contributed by atoms with van der Waals surface area (Å²) in [4.78, 5) is 10.9. The van der Waals surface area contributed by atoms with Gasteiger partial charge in [0.05, 0.1) is 12.2 Å². The molecule has 1 N–H and O–H groups in total. The summed E-state index contributed by atoms with van der Waals surface area (Å²) in [6, 6.07) is 6.61. The van der Waals surface area contributed by atoms with Crippen LogP contribution in [0.15, 0.2) is 24.3 Å². The highest BCUT2D eigenvalue weighted by Crippen LogP contribution is 2.11. The molecule has 1 aromatic carbocycles. The Balaban J connectivity index is 2.73. The predicted molar refractivity (Wildman–Crippen MR) is 62.0 cm³/mol. The second-order valence-corrected chi connectivity index (χ2v) is 4.82. The highest BCUT2D eigenvalue weighted by atomic mass is 32.2. The second kappa shape index (κ2) is 6.40. The van der Waals surface area contributed by atoms with Gasteiger partial charge in [-0.05, 0) is 11.6 Å². The molecule has 16 heavy (non-hydrogen) atoms. The van der Waals surface area contributed by atoms with Crippen molar-refractivity contribution in [3.05, 3.63) is 35.4 Å². The quantitative estimate of drug-likeness (QED) is 0.816. The van der Waals surface area contributed by atoms with Crippen molar-refractivity contribution in [3.8, 4) is 0 Å². The van der Waals surface area contributed by atoms with Gasteiger partial charge in [0.25, 0.3) is 0 Å². The number of methoxy groups -OCH3 is 1. The minimum Gasteiger partial charge on any atom is -0.478 e. The van der Waals surface area contributed by atoms with Crippen molar-refractivity contribution in [2.75, 3.05) is 19.5 Å². The Kier molecular flexibility index (Phi) is 5.14. The van der Waals surface area contributed by atoms with Crippen molar-refractivity contribution >= 4 is 16.8 Å². The van der Waals surface area contributed by atoms with E-state index in [0.29, 0.717) is 17.9 Å². The average Bonchev–Trinajstić information content (AvgIpc) is 2.27. The number of benzene rings is 1. The summed E-state index contributed by atoms with van der Waals surface area (Å²) in [5.74, 6) is -0.310. The van der Waals surface area contributed by atoms with Crippen LogP contribution in [0.3, 0.4) is 0 Å². The fourth-order valence-electron chi connectivity index (χ4n) is 1.28. The van der Waals surface area contributed by atoms with Gasteiger partial charge in [0, 0.05) is 29.4 Å². The summed E-state index contributed by atoms with van der Waals surface area (Å²) in [5.41, 5.74) is 0.817. The third-order valence-electron chi connectivity index (χ3n) is 2.08. The molecule has 0 spiro atoms. The molecule has 0 saturated carbocycles. The molecule has 0 fully saturated rings. The zero-order valence-electron chi connectivity index (χ0n) is 9.01. The third kappa shape index (κ3) is 3.75. The maximum atomic E-state index is 11.6. The molecular weight excluding hydrogens is 228 g/mol. The Labute approximate surface area is 96.7 Å². The summed E-state index contributed by atoms with van der Waals surface area (Å²) in [6.07, 6.45) is 0.